The van der Waals surface area contributed by atoms with Crippen molar-refractivity contribution in [1.82, 2.24) is 14.7 Å². The number of aromatic nitrogens is 2. The number of para-hydroxylation sites is 1. The van der Waals surface area contributed by atoms with E-state index in [2.05, 4.69) is 75.4 Å². The van der Waals surface area contributed by atoms with Crippen molar-refractivity contribution in [3.63, 3.8) is 0 Å². The normalized spacial score (nSPS) is 15.4. The lowest BCUT2D eigenvalue weighted by Gasteiger charge is -2.26. The van der Waals surface area contributed by atoms with Crippen molar-refractivity contribution in [3.8, 4) is 0 Å². The Morgan fingerprint density at radius 2 is 1.68 bits per heavy atom. The lowest BCUT2D eigenvalue weighted by molar-refractivity contribution is 0.292. The average molecular weight is 331 g/mol. The third-order valence-electron chi connectivity index (χ3n) is 5.08. The van der Waals surface area contributed by atoms with Gasteiger partial charge in [-0.3, -0.25) is 9.58 Å². The van der Waals surface area contributed by atoms with E-state index in [0.29, 0.717) is 0 Å². The molecule has 4 rings (SSSR count). The number of hydrogen-bond donors (Lipinski definition) is 0. The van der Waals surface area contributed by atoms with Crippen molar-refractivity contribution in [2.24, 2.45) is 0 Å². The molecule has 1 aliphatic rings. The highest BCUT2D eigenvalue weighted by Crippen LogP contribution is 2.22. The summed E-state index contributed by atoms with van der Waals surface area (Å²) in [6.07, 6.45) is 7.93. The summed E-state index contributed by atoms with van der Waals surface area (Å²) in [4.78, 5) is 2.56. The first kappa shape index (κ1) is 16.1. The summed E-state index contributed by atoms with van der Waals surface area (Å²) in [6, 6.07) is 19.2. The fourth-order valence-electron chi connectivity index (χ4n) is 3.63. The van der Waals surface area contributed by atoms with E-state index in [-0.39, 0.29) is 0 Å². The van der Waals surface area contributed by atoms with Crippen molar-refractivity contribution < 1.29 is 0 Å². The molecule has 0 saturated heterocycles. The molecule has 1 aliphatic heterocycles. The molecule has 3 heteroatoms. The molecule has 3 aromatic rings. The Morgan fingerprint density at radius 1 is 0.880 bits per heavy atom. The van der Waals surface area contributed by atoms with Gasteiger partial charge in [-0.05, 0) is 43.0 Å². The molecule has 0 spiro atoms. The lowest BCUT2D eigenvalue weighted by atomic mass is 9.99. The lowest BCUT2D eigenvalue weighted by Crippen LogP contribution is -2.29. The van der Waals surface area contributed by atoms with Crippen LogP contribution >= 0.6 is 0 Å². The largest absolute Gasteiger partial charge is 0.299 e. The molecule has 0 amide bonds. The van der Waals surface area contributed by atoms with Gasteiger partial charge in [-0.25, -0.2) is 0 Å². The molecule has 0 saturated carbocycles. The van der Waals surface area contributed by atoms with Gasteiger partial charge in [-0.1, -0.05) is 54.6 Å². The van der Waals surface area contributed by atoms with Crippen LogP contribution in [0.4, 0.5) is 0 Å². The molecule has 0 unspecified atom stereocenters. The third kappa shape index (κ3) is 3.83. The SMILES string of the molecule is C1=C(c2ccccc2)CCN(CCCCn2ncc3ccccc32)C1. The number of hydrogen-bond acceptors (Lipinski definition) is 2. The van der Waals surface area contributed by atoms with Crippen LogP contribution in [0.25, 0.3) is 16.5 Å². The molecule has 0 radical (unpaired) electrons. The number of fused-ring (bicyclic) bond motifs is 1. The van der Waals surface area contributed by atoms with E-state index in [0.717, 1.165) is 19.5 Å². The highest BCUT2D eigenvalue weighted by molar-refractivity contribution is 5.78. The van der Waals surface area contributed by atoms with Gasteiger partial charge in [0, 0.05) is 25.0 Å². The van der Waals surface area contributed by atoms with Gasteiger partial charge in [0.1, 0.15) is 0 Å². The average Bonchev–Trinajstić information content (AvgIpc) is 3.10. The highest BCUT2D eigenvalue weighted by atomic mass is 15.3. The Bertz CT molecular complexity index is 848. The quantitative estimate of drug-likeness (QED) is 0.615. The summed E-state index contributed by atoms with van der Waals surface area (Å²) in [5.41, 5.74) is 4.13. The maximum Gasteiger partial charge on any atom is 0.0682 e. The fraction of sp³-hybridized carbons (Fsp3) is 0.318. The van der Waals surface area contributed by atoms with E-state index >= 15 is 0 Å². The van der Waals surface area contributed by atoms with Crippen LogP contribution in [0.3, 0.4) is 0 Å². The molecule has 128 valence electrons. The van der Waals surface area contributed by atoms with Crippen LogP contribution < -0.4 is 0 Å². The predicted octanol–water partition coefficient (Wildman–Crippen LogP) is 4.61. The fourth-order valence-corrected chi connectivity index (χ4v) is 3.63. The molecule has 0 N–H and O–H groups in total. The molecule has 2 aromatic carbocycles. The Labute approximate surface area is 149 Å². The molecule has 0 bridgehead atoms. The maximum absolute atomic E-state index is 4.52. The topological polar surface area (TPSA) is 21.1 Å². The molecular formula is C22H25N3. The van der Waals surface area contributed by atoms with Gasteiger partial charge < -0.3 is 0 Å². The Kier molecular flexibility index (Phi) is 4.93. The van der Waals surface area contributed by atoms with Gasteiger partial charge in [0.25, 0.3) is 0 Å². The second-order valence-electron chi connectivity index (χ2n) is 6.78. The van der Waals surface area contributed by atoms with Gasteiger partial charge in [0.2, 0.25) is 0 Å². The summed E-state index contributed by atoms with van der Waals surface area (Å²) < 4.78 is 2.14. The standard InChI is InChI=1S/C22H25N3/c1-2-8-19(9-3-1)20-12-16-24(17-13-20)14-6-7-15-25-22-11-5-4-10-21(22)18-23-25/h1-5,8-12,18H,6-7,13-17H2. The van der Waals surface area contributed by atoms with E-state index in [1.165, 1.54) is 48.0 Å². The van der Waals surface area contributed by atoms with Gasteiger partial charge in [-0.15, -0.1) is 0 Å². The van der Waals surface area contributed by atoms with Crippen molar-refractivity contribution in [2.45, 2.75) is 25.8 Å². The van der Waals surface area contributed by atoms with E-state index in [9.17, 15) is 0 Å². The van der Waals surface area contributed by atoms with Crippen molar-refractivity contribution in [1.29, 1.82) is 0 Å². The van der Waals surface area contributed by atoms with Crippen molar-refractivity contribution in [3.05, 3.63) is 72.4 Å². The number of unbranched alkanes of at least 4 members (excludes halogenated alkanes) is 1. The van der Waals surface area contributed by atoms with Crippen molar-refractivity contribution in [2.75, 3.05) is 19.6 Å². The maximum atomic E-state index is 4.52. The first-order valence-corrected chi connectivity index (χ1v) is 9.27. The van der Waals surface area contributed by atoms with E-state index in [4.69, 9.17) is 0 Å². The zero-order valence-corrected chi connectivity index (χ0v) is 14.6. The molecule has 0 aliphatic carbocycles. The Hall–Kier alpha value is -2.39. The molecule has 25 heavy (non-hydrogen) atoms. The number of aryl methyl sites for hydroxylation is 1. The first-order chi connectivity index (χ1) is 12.4. The zero-order chi connectivity index (χ0) is 16.9. The van der Waals surface area contributed by atoms with Gasteiger partial charge >= 0.3 is 0 Å². The number of rotatable bonds is 6. The number of nitrogens with zero attached hydrogens (tertiary/aromatic N) is 3. The zero-order valence-electron chi connectivity index (χ0n) is 14.6. The minimum Gasteiger partial charge on any atom is -0.299 e. The van der Waals surface area contributed by atoms with Crippen LogP contribution in [0.15, 0.2) is 66.9 Å². The van der Waals surface area contributed by atoms with Crippen LogP contribution in [-0.2, 0) is 6.54 Å². The summed E-state index contributed by atoms with van der Waals surface area (Å²) in [5.74, 6) is 0. The minimum atomic E-state index is 1.01. The monoisotopic (exact) mass is 331 g/mol. The molecular weight excluding hydrogens is 306 g/mol. The summed E-state index contributed by atoms with van der Waals surface area (Å²) in [7, 11) is 0. The summed E-state index contributed by atoms with van der Waals surface area (Å²) in [5, 5.41) is 5.75. The number of benzene rings is 2. The van der Waals surface area contributed by atoms with Gasteiger partial charge in [0.15, 0.2) is 0 Å². The Balaban J connectivity index is 1.24. The first-order valence-electron chi connectivity index (χ1n) is 9.27. The molecule has 0 fully saturated rings. The van der Waals surface area contributed by atoms with Gasteiger partial charge in [0.05, 0.1) is 11.7 Å². The summed E-state index contributed by atoms with van der Waals surface area (Å²) in [6.45, 7) is 4.44. The van der Waals surface area contributed by atoms with Crippen LogP contribution in [-0.4, -0.2) is 34.3 Å². The van der Waals surface area contributed by atoms with Crippen molar-refractivity contribution >= 4 is 16.5 Å². The second kappa shape index (κ2) is 7.66. The van der Waals surface area contributed by atoms with E-state index in [1.807, 2.05) is 6.20 Å². The smallest absolute Gasteiger partial charge is 0.0682 e. The molecule has 0 atom stereocenters. The van der Waals surface area contributed by atoms with Crippen LogP contribution in [0.2, 0.25) is 0 Å². The molecule has 3 nitrogen and oxygen atoms in total. The Morgan fingerprint density at radius 3 is 2.52 bits per heavy atom. The molecule has 2 heterocycles. The third-order valence-corrected chi connectivity index (χ3v) is 5.08. The predicted molar refractivity (Wildman–Crippen MR) is 104 cm³/mol. The van der Waals surface area contributed by atoms with Gasteiger partial charge in [-0.2, -0.15) is 5.10 Å². The van der Waals surface area contributed by atoms with E-state index in [1.54, 1.807) is 0 Å². The van der Waals surface area contributed by atoms with Crippen LogP contribution in [0.1, 0.15) is 24.8 Å². The van der Waals surface area contributed by atoms with Crippen LogP contribution in [0, 0.1) is 0 Å². The van der Waals surface area contributed by atoms with E-state index < -0.39 is 0 Å². The minimum absolute atomic E-state index is 1.01. The summed E-state index contributed by atoms with van der Waals surface area (Å²) >= 11 is 0. The molecule has 1 aromatic heterocycles. The highest BCUT2D eigenvalue weighted by Gasteiger charge is 2.12. The second-order valence-corrected chi connectivity index (χ2v) is 6.78. The van der Waals surface area contributed by atoms with Crippen LogP contribution in [0.5, 0.6) is 0 Å².